The van der Waals surface area contributed by atoms with E-state index in [1.165, 1.54) is 6.26 Å². The third kappa shape index (κ3) is 1.68. The molecule has 0 saturated heterocycles. The molecule has 3 nitrogen and oxygen atoms in total. The largest absolute Gasteiger partial charge is 0.481 e. The van der Waals surface area contributed by atoms with Gasteiger partial charge in [0.2, 0.25) is 0 Å². The van der Waals surface area contributed by atoms with Crippen LogP contribution < -0.4 is 0 Å². The molecule has 0 radical (unpaired) electrons. The maximum Gasteiger partial charge on any atom is 0.307 e. The van der Waals surface area contributed by atoms with Crippen LogP contribution >= 0.6 is 0 Å². The molecular formula is C10H6F2O3. The highest BCUT2D eigenvalue weighted by molar-refractivity contribution is 5.85. The molecule has 0 fully saturated rings. The van der Waals surface area contributed by atoms with Crippen LogP contribution in [0.3, 0.4) is 0 Å². The number of aliphatic carboxylic acids is 1. The van der Waals surface area contributed by atoms with Gasteiger partial charge in [0, 0.05) is 17.0 Å². The molecule has 1 aromatic heterocycles. The first-order valence-electron chi connectivity index (χ1n) is 4.15. The molecule has 2 aromatic rings. The van der Waals surface area contributed by atoms with E-state index in [-0.39, 0.29) is 17.4 Å². The van der Waals surface area contributed by atoms with Gasteiger partial charge in [-0.2, -0.15) is 0 Å². The second kappa shape index (κ2) is 3.34. The van der Waals surface area contributed by atoms with Gasteiger partial charge in [-0.3, -0.25) is 4.79 Å². The zero-order valence-electron chi connectivity index (χ0n) is 7.46. The Labute approximate surface area is 82.9 Å². The van der Waals surface area contributed by atoms with Gasteiger partial charge in [-0.05, 0) is 6.07 Å². The quantitative estimate of drug-likeness (QED) is 0.831. The molecule has 0 spiro atoms. The van der Waals surface area contributed by atoms with E-state index in [1.54, 1.807) is 0 Å². The first-order chi connectivity index (χ1) is 7.08. The van der Waals surface area contributed by atoms with Crippen LogP contribution in [0.1, 0.15) is 5.56 Å². The van der Waals surface area contributed by atoms with Crippen LogP contribution in [0.15, 0.2) is 22.8 Å². The molecule has 0 aliphatic carbocycles. The lowest BCUT2D eigenvalue weighted by Gasteiger charge is -1.94. The van der Waals surface area contributed by atoms with Crippen LogP contribution in [0, 0.1) is 11.6 Å². The standard InChI is InChI=1S/C10H6F2O3/c11-7-2-6-5(1-10(13)14)4-15-9(6)3-8(7)12/h2-4H,1H2,(H,13,14). The number of benzene rings is 1. The molecule has 1 aromatic carbocycles. The third-order valence-corrected chi connectivity index (χ3v) is 2.04. The van der Waals surface area contributed by atoms with Crippen molar-refractivity contribution in [3.05, 3.63) is 35.6 Å². The summed E-state index contributed by atoms with van der Waals surface area (Å²) in [6.45, 7) is 0. The lowest BCUT2D eigenvalue weighted by molar-refractivity contribution is -0.136. The van der Waals surface area contributed by atoms with E-state index in [0.717, 1.165) is 12.1 Å². The summed E-state index contributed by atoms with van der Waals surface area (Å²) < 4.78 is 30.6. The zero-order valence-corrected chi connectivity index (χ0v) is 7.46. The van der Waals surface area contributed by atoms with Crippen molar-refractivity contribution >= 4 is 16.9 Å². The van der Waals surface area contributed by atoms with Gasteiger partial charge >= 0.3 is 5.97 Å². The summed E-state index contributed by atoms with van der Waals surface area (Å²) in [5, 5.41) is 8.85. The van der Waals surface area contributed by atoms with E-state index < -0.39 is 17.6 Å². The Morgan fingerprint density at radius 2 is 2.00 bits per heavy atom. The van der Waals surface area contributed by atoms with Crippen LogP contribution in [0.2, 0.25) is 0 Å². The number of carboxylic acids is 1. The average molecular weight is 212 g/mol. The summed E-state index contributed by atoms with van der Waals surface area (Å²) in [6.07, 6.45) is 0.912. The highest BCUT2D eigenvalue weighted by atomic mass is 19.2. The highest BCUT2D eigenvalue weighted by Crippen LogP contribution is 2.24. The van der Waals surface area contributed by atoms with Gasteiger partial charge in [0.05, 0.1) is 12.7 Å². The van der Waals surface area contributed by atoms with Crippen molar-refractivity contribution in [3.8, 4) is 0 Å². The number of carbonyl (C=O) groups is 1. The Kier molecular flexibility index (Phi) is 2.15. The van der Waals surface area contributed by atoms with Crippen LogP contribution in [0.25, 0.3) is 11.0 Å². The molecule has 2 rings (SSSR count). The second-order valence-electron chi connectivity index (χ2n) is 3.09. The van der Waals surface area contributed by atoms with Crippen molar-refractivity contribution in [2.45, 2.75) is 6.42 Å². The number of carboxylic acid groups (broad SMARTS) is 1. The first kappa shape index (κ1) is 9.64. The maximum atomic E-state index is 12.9. The molecule has 0 aliphatic heterocycles. The Balaban J connectivity index is 2.59. The van der Waals surface area contributed by atoms with E-state index in [4.69, 9.17) is 9.52 Å². The molecule has 5 heteroatoms. The van der Waals surface area contributed by atoms with Crippen LogP contribution in [0.5, 0.6) is 0 Å². The predicted octanol–water partition coefficient (Wildman–Crippen LogP) is 2.34. The van der Waals surface area contributed by atoms with Gasteiger partial charge in [0.1, 0.15) is 5.58 Å². The minimum absolute atomic E-state index is 0.144. The number of rotatable bonds is 2. The van der Waals surface area contributed by atoms with Gasteiger partial charge in [0.25, 0.3) is 0 Å². The number of furan rings is 1. The van der Waals surface area contributed by atoms with Gasteiger partial charge in [-0.25, -0.2) is 8.78 Å². The van der Waals surface area contributed by atoms with E-state index in [9.17, 15) is 13.6 Å². The molecule has 0 bridgehead atoms. The number of halogens is 2. The maximum absolute atomic E-state index is 12.9. The Bertz CT molecular complexity index is 531. The van der Waals surface area contributed by atoms with Crippen molar-refractivity contribution in [1.29, 1.82) is 0 Å². The SMILES string of the molecule is O=C(O)Cc1coc2cc(F)c(F)cc12. The van der Waals surface area contributed by atoms with Crippen molar-refractivity contribution in [1.82, 2.24) is 0 Å². The van der Waals surface area contributed by atoms with Crippen molar-refractivity contribution in [2.75, 3.05) is 0 Å². The number of fused-ring (bicyclic) bond motifs is 1. The zero-order chi connectivity index (χ0) is 11.0. The lowest BCUT2D eigenvalue weighted by Crippen LogP contribution is -1.99. The molecule has 1 N–H and O–H groups in total. The number of hydrogen-bond acceptors (Lipinski definition) is 2. The summed E-state index contributed by atoms with van der Waals surface area (Å²) >= 11 is 0. The Morgan fingerprint density at radius 1 is 1.33 bits per heavy atom. The van der Waals surface area contributed by atoms with Crippen molar-refractivity contribution in [2.24, 2.45) is 0 Å². The molecule has 78 valence electrons. The summed E-state index contributed by atoms with van der Waals surface area (Å²) in [6, 6.07) is 1.84. The summed E-state index contributed by atoms with van der Waals surface area (Å²) in [5.74, 6) is -3.09. The predicted molar refractivity (Wildman–Crippen MR) is 47.5 cm³/mol. The fraction of sp³-hybridized carbons (Fsp3) is 0.100. The van der Waals surface area contributed by atoms with Gasteiger partial charge in [-0.15, -0.1) is 0 Å². The Morgan fingerprint density at radius 3 is 2.67 bits per heavy atom. The van der Waals surface area contributed by atoms with E-state index >= 15 is 0 Å². The third-order valence-electron chi connectivity index (χ3n) is 2.04. The van der Waals surface area contributed by atoms with Gasteiger partial charge < -0.3 is 9.52 Å². The van der Waals surface area contributed by atoms with Gasteiger partial charge in [0.15, 0.2) is 11.6 Å². The van der Waals surface area contributed by atoms with Gasteiger partial charge in [-0.1, -0.05) is 0 Å². The van der Waals surface area contributed by atoms with Crippen LogP contribution in [-0.4, -0.2) is 11.1 Å². The van der Waals surface area contributed by atoms with Crippen LogP contribution in [-0.2, 0) is 11.2 Å². The number of hydrogen-bond donors (Lipinski definition) is 1. The molecule has 0 saturated carbocycles. The lowest BCUT2D eigenvalue weighted by atomic mass is 10.1. The monoisotopic (exact) mass is 212 g/mol. The van der Waals surface area contributed by atoms with E-state index in [1.807, 2.05) is 0 Å². The molecule has 0 atom stereocenters. The van der Waals surface area contributed by atoms with E-state index in [0.29, 0.717) is 5.56 Å². The molecule has 0 unspecified atom stereocenters. The van der Waals surface area contributed by atoms with E-state index in [2.05, 4.69) is 0 Å². The molecule has 1 heterocycles. The summed E-state index contributed by atoms with van der Waals surface area (Å²) in [5.41, 5.74) is 0.474. The normalized spacial score (nSPS) is 10.8. The molecular weight excluding hydrogens is 206 g/mol. The molecule has 0 aliphatic rings. The Hall–Kier alpha value is -1.91. The minimum atomic E-state index is -1.05. The summed E-state index contributed by atoms with van der Waals surface area (Å²) in [4.78, 5) is 10.5. The smallest absolute Gasteiger partial charge is 0.307 e. The van der Waals surface area contributed by atoms with Crippen molar-refractivity contribution in [3.63, 3.8) is 0 Å². The molecule has 0 amide bonds. The summed E-state index contributed by atoms with van der Waals surface area (Å²) in [7, 11) is 0. The minimum Gasteiger partial charge on any atom is -0.481 e. The second-order valence-corrected chi connectivity index (χ2v) is 3.09. The van der Waals surface area contributed by atoms with Crippen molar-refractivity contribution < 1.29 is 23.1 Å². The molecule has 15 heavy (non-hydrogen) atoms. The fourth-order valence-electron chi connectivity index (χ4n) is 1.37. The topological polar surface area (TPSA) is 50.4 Å². The fourth-order valence-corrected chi connectivity index (χ4v) is 1.37. The average Bonchev–Trinajstić information content (AvgIpc) is 2.49. The first-order valence-corrected chi connectivity index (χ1v) is 4.15. The van der Waals surface area contributed by atoms with Crippen LogP contribution in [0.4, 0.5) is 8.78 Å². The highest BCUT2D eigenvalue weighted by Gasteiger charge is 2.12.